The number of carboxylic acid groups (broad SMARTS) is 1. The Morgan fingerprint density at radius 1 is 1.43 bits per heavy atom. The van der Waals surface area contributed by atoms with Gasteiger partial charge in [0, 0.05) is 10.9 Å². The zero-order valence-corrected chi connectivity index (χ0v) is 13.2. The van der Waals surface area contributed by atoms with Gasteiger partial charge in [-0.1, -0.05) is 16.8 Å². The fraction of sp³-hybridized carbons (Fsp3) is 0.308. The number of carboxylic acids is 1. The molecular weight excluding hydrogens is 365 g/mol. The predicted octanol–water partition coefficient (Wildman–Crippen LogP) is 3.62. The van der Waals surface area contributed by atoms with Gasteiger partial charge < -0.3 is 5.11 Å². The summed E-state index contributed by atoms with van der Waals surface area (Å²) in [7, 11) is 0. The first kappa shape index (κ1) is 15.9. The highest BCUT2D eigenvalue weighted by molar-refractivity contribution is 9.10. The second-order valence-electron chi connectivity index (χ2n) is 4.47. The molecule has 0 amide bonds. The number of hydrogen-bond acceptors (Lipinski definition) is 3. The highest BCUT2D eigenvalue weighted by Gasteiger charge is 2.12. The molecule has 0 atom stereocenters. The molecule has 1 aromatic carbocycles. The number of benzene rings is 1. The van der Waals surface area contributed by atoms with E-state index < -0.39 is 11.8 Å². The van der Waals surface area contributed by atoms with E-state index in [0.717, 1.165) is 5.69 Å². The van der Waals surface area contributed by atoms with Crippen LogP contribution in [0.1, 0.15) is 25.0 Å². The predicted molar refractivity (Wildman–Crippen MR) is 79.2 cm³/mol. The first-order chi connectivity index (χ1) is 9.97. The molecule has 0 radical (unpaired) electrons. The average Bonchev–Trinajstić information content (AvgIpc) is 2.81. The number of hydrogen-bond donors (Lipinski definition) is 1. The Morgan fingerprint density at radius 3 is 2.86 bits per heavy atom. The molecule has 2 aromatic rings. The van der Waals surface area contributed by atoms with E-state index in [1.807, 2.05) is 0 Å². The van der Waals surface area contributed by atoms with Crippen molar-refractivity contribution in [2.24, 2.45) is 0 Å². The van der Waals surface area contributed by atoms with Gasteiger partial charge in [-0.3, -0.25) is 4.79 Å². The molecule has 1 aromatic heterocycles. The summed E-state index contributed by atoms with van der Waals surface area (Å²) in [5.41, 5.74) is 1.25. The van der Waals surface area contributed by atoms with Gasteiger partial charge in [-0.15, -0.1) is 5.10 Å². The van der Waals surface area contributed by atoms with Crippen LogP contribution in [-0.4, -0.2) is 26.1 Å². The van der Waals surface area contributed by atoms with Crippen molar-refractivity contribution < 1.29 is 14.3 Å². The minimum absolute atomic E-state index is 0.142. The number of aliphatic carboxylic acids is 1. The summed E-state index contributed by atoms with van der Waals surface area (Å²) in [6.07, 6.45) is 3.77. The van der Waals surface area contributed by atoms with Crippen molar-refractivity contribution in [3.63, 3.8) is 0 Å². The van der Waals surface area contributed by atoms with Crippen molar-refractivity contribution in [3.05, 3.63) is 39.3 Å². The van der Waals surface area contributed by atoms with E-state index >= 15 is 0 Å². The van der Waals surface area contributed by atoms with Gasteiger partial charge in [0.15, 0.2) is 0 Å². The van der Waals surface area contributed by atoms with Crippen LogP contribution in [0.15, 0.2) is 22.8 Å². The Bertz CT molecular complexity index is 640. The maximum Gasteiger partial charge on any atom is 0.303 e. The molecule has 5 nitrogen and oxygen atoms in total. The van der Waals surface area contributed by atoms with Crippen LogP contribution in [-0.2, 0) is 11.2 Å². The number of aromatic nitrogens is 3. The van der Waals surface area contributed by atoms with E-state index in [0.29, 0.717) is 29.4 Å². The first-order valence-electron chi connectivity index (χ1n) is 6.25. The van der Waals surface area contributed by atoms with Crippen LogP contribution in [0, 0.1) is 5.82 Å². The van der Waals surface area contributed by atoms with Gasteiger partial charge in [0.05, 0.1) is 22.6 Å². The molecular formula is C13H12BrClFN3O2. The third-order valence-electron chi connectivity index (χ3n) is 2.83. The lowest BCUT2D eigenvalue weighted by atomic mass is 10.1. The molecule has 21 heavy (non-hydrogen) atoms. The molecule has 0 aliphatic heterocycles. The van der Waals surface area contributed by atoms with Gasteiger partial charge in [-0.05, 0) is 47.3 Å². The summed E-state index contributed by atoms with van der Waals surface area (Å²) in [6.45, 7) is 0. The second kappa shape index (κ2) is 7.00. The molecule has 0 spiro atoms. The number of carbonyl (C=O) groups is 1. The smallest absolute Gasteiger partial charge is 0.303 e. The molecule has 1 N–H and O–H groups in total. The van der Waals surface area contributed by atoms with Crippen LogP contribution in [0.2, 0.25) is 5.02 Å². The lowest BCUT2D eigenvalue weighted by molar-refractivity contribution is -0.137. The summed E-state index contributed by atoms with van der Waals surface area (Å²) in [5, 5.41) is 16.8. The molecule has 1 heterocycles. The zero-order valence-electron chi connectivity index (χ0n) is 10.9. The summed E-state index contributed by atoms with van der Waals surface area (Å²) in [4.78, 5) is 10.4. The second-order valence-corrected chi connectivity index (χ2v) is 5.73. The van der Waals surface area contributed by atoms with Gasteiger partial charge in [-0.25, -0.2) is 9.07 Å². The fourth-order valence-electron chi connectivity index (χ4n) is 1.86. The first-order valence-corrected chi connectivity index (χ1v) is 7.42. The van der Waals surface area contributed by atoms with E-state index in [1.165, 1.54) is 16.8 Å². The van der Waals surface area contributed by atoms with Crippen molar-refractivity contribution in [1.29, 1.82) is 0 Å². The van der Waals surface area contributed by atoms with Crippen LogP contribution in [0.3, 0.4) is 0 Å². The Balaban J connectivity index is 2.08. The van der Waals surface area contributed by atoms with Gasteiger partial charge in [0.2, 0.25) is 0 Å². The van der Waals surface area contributed by atoms with Crippen LogP contribution in [0.25, 0.3) is 5.69 Å². The molecule has 0 bridgehead atoms. The number of nitrogens with zero attached hydrogens (tertiary/aromatic N) is 3. The highest BCUT2D eigenvalue weighted by Crippen LogP contribution is 2.29. The van der Waals surface area contributed by atoms with Crippen molar-refractivity contribution in [2.45, 2.75) is 25.7 Å². The minimum Gasteiger partial charge on any atom is -0.481 e. The van der Waals surface area contributed by atoms with Crippen molar-refractivity contribution in [2.75, 3.05) is 0 Å². The number of aryl methyl sites for hydroxylation is 1. The Kier molecular flexibility index (Phi) is 5.30. The molecule has 0 aliphatic rings. The normalized spacial score (nSPS) is 10.8. The molecule has 0 unspecified atom stereocenters. The van der Waals surface area contributed by atoms with E-state index in [9.17, 15) is 9.18 Å². The lowest BCUT2D eigenvalue weighted by Crippen LogP contribution is -1.98. The van der Waals surface area contributed by atoms with E-state index in [1.54, 1.807) is 6.20 Å². The quantitative estimate of drug-likeness (QED) is 0.782. The van der Waals surface area contributed by atoms with Gasteiger partial charge in [0.1, 0.15) is 5.82 Å². The molecule has 0 fully saturated rings. The summed E-state index contributed by atoms with van der Waals surface area (Å²) in [6, 6.07) is 2.51. The topological polar surface area (TPSA) is 68.0 Å². The van der Waals surface area contributed by atoms with Crippen LogP contribution < -0.4 is 0 Å². The summed E-state index contributed by atoms with van der Waals surface area (Å²) in [5.74, 6) is -1.25. The maximum absolute atomic E-state index is 13.2. The van der Waals surface area contributed by atoms with Crippen molar-refractivity contribution >= 4 is 33.5 Å². The lowest BCUT2D eigenvalue weighted by Gasteiger charge is -2.06. The molecule has 0 aliphatic carbocycles. The van der Waals surface area contributed by atoms with Crippen molar-refractivity contribution in [1.82, 2.24) is 15.0 Å². The zero-order chi connectivity index (χ0) is 15.4. The molecule has 0 saturated carbocycles. The highest BCUT2D eigenvalue weighted by atomic mass is 79.9. The molecule has 0 saturated heterocycles. The fourth-order valence-corrected chi connectivity index (χ4v) is 2.88. The maximum atomic E-state index is 13.2. The van der Waals surface area contributed by atoms with Crippen LogP contribution in [0.5, 0.6) is 0 Å². The van der Waals surface area contributed by atoms with Gasteiger partial charge in [-0.2, -0.15) is 0 Å². The van der Waals surface area contributed by atoms with E-state index in [-0.39, 0.29) is 11.4 Å². The van der Waals surface area contributed by atoms with E-state index in [2.05, 4.69) is 26.2 Å². The number of rotatable bonds is 6. The van der Waals surface area contributed by atoms with Gasteiger partial charge in [0.25, 0.3) is 0 Å². The Morgan fingerprint density at radius 2 is 2.19 bits per heavy atom. The molecule has 112 valence electrons. The summed E-state index contributed by atoms with van der Waals surface area (Å²) < 4.78 is 15.1. The van der Waals surface area contributed by atoms with Crippen molar-refractivity contribution in [3.8, 4) is 5.69 Å². The largest absolute Gasteiger partial charge is 0.481 e. The standard InChI is InChI=1S/C13H12BrClFN3O2/c14-10-5-8(16)6-11(15)13(10)19-7-9(17-18-19)3-1-2-4-12(20)21/h5-7H,1-4H2,(H,20,21). The SMILES string of the molecule is O=C(O)CCCCc1cn(-c2c(Cl)cc(F)cc2Br)nn1. The van der Waals surface area contributed by atoms with E-state index in [4.69, 9.17) is 16.7 Å². The monoisotopic (exact) mass is 375 g/mol. The Hall–Kier alpha value is -1.47. The third kappa shape index (κ3) is 4.25. The third-order valence-corrected chi connectivity index (χ3v) is 3.72. The number of halogens is 3. The summed E-state index contributed by atoms with van der Waals surface area (Å²) >= 11 is 9.26. The molecule has 8 heteroatoms. The number of unbranched alkanes of at least 4 members (excludes halogenated alkanes) is 1. The van der Waals surface area contributed by atoms with Gasteiger partial charge >= 0.3 is 5.97 Å². The van der Waals surface area contributed by atoms with Crippen LogP contribution in [0.4, 0.5) is 4.39 Å². The molecule has 2 rings (SSSR count). The van der Waals surface area contributed by atoms with Crippen LogP contribution >= 0.6 is 27.5 Å². The minimum atomic E-state index is -0.805. The average molecular weight is 377 g/mol. The Labute approximate surface area is 133 Å².